The molecule has 3 aromatic rings. The number of carbonyl (C=O) groups excluding carboxylic acids is 3. The summed E-state index contributed by atoms with van der Waals surface area (Å²) in [7, 11) is 0. The number of fused-ring (bicyclic) bond motifs is 1. The molecule has 1 N–H and O–H groups in total. The van der Waals surface area contributed by atoms with Crippen molar-refractivity contribution in [3.05, 3.63) is 75.3 Å². The van der Waals surface area contributed by atoms with E-state index in [1.165, 1.54) is 36.4 Å². The Bertz CT molecular complexity index is 1120. The van der Waals surface area contributed by atoms with Crippen molar-refractivity contribution in [3.8, 4) is 0 Å². The Kier molecular flexibility index (Phi) is 4.31. The second-order valence-electron chi connectivity index (χ2n) is 6.08. The van der Waals surface area contributed by atoms with Crippen LogP contribution in [0.3, 0.4) is 0 Å². The highest BCUT2D eigenvalue weighted by Gasteiger charge is 2.40. The van der Waals surface area contributed by atoms with Gasteiger partial charge in [0, 0.05) is 12.1 Å². The van der Waals surface area contributed by atoms with Crippen LogP contribution in [0.15, 0.2) is 53.2 Å². The predicted octanol–water partition coefficient (Wildman–Crippen LogP) is 1.96. The maximum absolute atomic E-state index is 12.5. The first kappa shape index (κ1) is 18.0. The van der Waals surface area contributed by atoms with Gasteiger partial charge in [0.05, 0.1) is 22.5 Å². The number of nitrogens with zero attached hydrogens (tertiary/aromatic N) is 4. The summed E-state index contributed by atoms with van der Waals surface area (Å²) < 4.78 is 4.61. The lowest BCUT2D eigenvalue weighted by Gasteiger charge is -2.11. The Morgan fingerprint density at radius 3 is 2.24 bits per heavy atom. The number of carbonyl (C=O) groups is 3. The molecule has 0 saturated heterocycles. The van der Waals surface area contributed by atoms with Gasteiger partial charge in [-0.1, -0.05) is 24.3 Å². The Labute approximate surface area is 162 Å². The number of benzene rings is 2. The summed E-state index contributed by atoms with van der Waals surface area (Å²) in [6.45, 7) is 0. The summed E-state index contributed by atoms with van der Waals surface area (Å²) in [5.74, 6) is -2.16. The Hall–Kier alpha value is -4.41. The SMILES string of the molecule is O=C(Cc1ccc([N+](=O)[O-])cc1)Nc1nonc1N1C(=O)c2ccccc2C1=O. The number of hydrogen-bond donors (Lipinski definition) is 1. The van der Waals surface area contributed by atoms with E-state index in [9.17, 15) is 24.5 Å². The fraction of sp³-hybridized carbons (Fsp3) is 0.0556. The topological polar surface area (TPSA) is 149 Å². The molecule has 4 rings (SSSR count). The highest BCUT2D eigenvalue weighted by molar-refractivity contribution is 6.34. The minimum atomic E-state index is -0.604. The number of nitrogens with one attached hydrogen (secondary N) is 1. The van der Waals surface area contributed by atoms with Gasteiger partial charge in [0.15, 0.2) is 0 Å². The van der Waals surface area contributed by atoms with Crippen molar-refractivity contribution in [2.45, 2.75) is 6.42 Å². The maximum atomic E-state index is 12.5. The van der Waals surface area contributed by atoms with Crippen LogP contribution in [0.25, 0.3) is 0 Å². The summed E-state index contributed by atoms with van der Waals surface area (Å²) in [5, 5.41) is 20.3. The molecule has 1 aliphatic rings. The second-order valence-corrected chi connectivity index (χ2v) is 6.08. The third-order valence-electron chi connectivity index (χ3n) is 4.25. The predicted molar refractivity (Wildman–Crippen MR) is 97.3 cm³/mol. The first-order chi connectivity index (χ1) is 14.0. The number of non-ortho nitro benzene ring substituents is 1. The molecule has 0 spiro atoms. The van der Waals surface area contributed by atoms with E-state index < -0.39 is 22.6 Å². The molecule has 2 heterocycles. The van der Waals surface area contributed by atoms with Gasteiger partial charge in [0.1, 0.15) is 0 Å². The standard InChI is InChI=1S/C18H11N5O6/c24-14(9-10-5-7-11(8-6-10)23(27)28)19-15-16(21-29-20-15)22-17(25)12-3-1-2-4-13(12)18(22)26/h1-8H,9H2,(H,19,20,24). The molecule has 0 radical (unpaired) electrons. The molecule has 0 atom stereocenters. The van der Waals surface area contributed by atoms with Crippen LogP contribution in [0.4, 0.5) is 17.3 Å². The quantitative estimate of drug-likeness (QED) is 0.393. The van der Waals surface area contributed by atoms with E-state index in [1.54, 1.807) is 12.1 Å². The zero-order chi connectivity index (χ0) is 20.5. The second kappa shape index (κ2) is 6.96. The molecule has 0 unspecified atom stereocenters. The molecule has 0 bridgehead atoms. The molecule has 3 amide bonds. The number of nitro groups is 1. The van der Waals surface area contributed by atoms with Crippen LogP contribution < -0.4 is 10.2 Å². The number of rotatable bonds is 5. The molecule has 1 aromatic heterocycles. The van der Waals surface area contributed by atoms with Gasteiger partial charge < -0.3 is 5.32 Å². The lowest BCUT2D eigenvalue weighted by molar-refractivity contribution is -0.384. The molecule has 29 heavy (non-hydrogen) atoms. The number of hydrogen-bond acceptors (Lipinski definition) is 8. The van der Waals surface area contributed by atoms with Crippen LogP contribution in [-0.2, 0) is 11.2 Å². The first-order valence-electron chi connectivity index (χ1n) is 8.29. The normalized spacial score (nSPS) is 12.8. The average molecular weight is 393 g/mol. The number of imide groups is 1. The molecule has 0 fully saturated rings. The molecular formula is C18H11N5O6. The van der Waals surface area contributed by atoms with Crippen molar-refractivity contribution in [2.75, 3.05) is 10.2 Å². The van der Waals surface area contributed by atoms with Gasteiger partial charge in [-0.3, -0.25) is 24.5 Å². The van der Waals surface area contributed by atoms with E-state index in [1.807, 2.05) is 0 Å². The fourth-order valence-corrected chi connectivity index (χ4v) is 2.89. The van der Waals surface area contributed by atoms with Crippen LogP contribution in [0.1, 0.15) is 26.3 Å². The van der Waals surface area contributed by atoms with Gasteiger partial charge in [0.2, 0.25) is 17.5 Å². The number of amides is 3. The van der Waals surface area contributed by atoms with Crippen LogP contribution in [0.5, 0.6) is 0 Å². The summed E-state index contributed by atoms with van der Waals surface area (Å²) in [6, 6.07) is 11.7. The molecule has 0 saturated carbocycles. The molecule has 11 heteroatoms. The molecule has 2 aromatic carbocycles. The third-order valence-corrected chi connectivity index (χ3v) is 4.25. The van der Waals surface area contributed by atoms with Crippen molar-refractivity contribution in [3.63, 3.8) is 0 Å². The van der Waals surface area contributed by atoms with E-state index in [0.29, 0.717) is 5.56 Å². The van der Waals surface area contributed by atoms with E-state index in [-0.39, 0.29) is 34.9 Å². The van der Waals surface area contributed by atoms with E-state index in [2.05, 4.69) is 20.3 Å². The lowest BCUT2D eigenvalue weighted by Crippen LogP contribution is -2.31. The zero-order valence-electron chi connectivity index (χ0n) is 14.6. The smallest absolute Gasteiger partial charge is 0.269 e. The molecule has 0 aliphatic carbocycles. The van der Waals surface area contributed by atoms with Gasteiger partial charge in [-0.2, -0.15) is 0 Å². The van der Waals surface area contributed by atoms with Crippen LogP contribution in [0.2, 0.25) is 0 Å². The minimum Gasteiger partial charge on any atom is -0.304 e. The van der Waals surface area contributed by atoms with Gasteiger partial charge in [-0.15, -0.1) is 0 Å². The zero-order valence-corrected chi connectivity index (χ0v) is 14.6. The lowest BCUT2D eigenvalue weighted by atomic mass is 10.1. The van der Waals surface area contributed by atoms with Crippen molar-refractivity contribution in [1.29, 1.82) is 0 Å². The van der Waals surface area contributed by atoms with Crippen molar-refractivity contribution < 1.29 is 23.9 Å². The number of aromatic nitrogens is 2. The molecule has 11 nitrogen and oxygen atoms in total. The Morgan fingerprint density at radius 2 is 1.66 bits per heavy atom. The van der Waals surface area contributed by atoms with Crippen molar-refractivity contribution >= 4 is 35.0 Å². The van der Waals surface area contributed by atoms with E-state index in [4.69, 9.17) is 0 Å². The third kappa shape index (κ3) is 3.20. The van der Waals surface area contributed by atoms with Crippen LogP contribution >= 0.6 is 0 Å². The number of nitro benzene ring substituents is 1. The summed E-state index contributed by atoms with van der Waals surface area (Å²) in [4.78, 5) is 48.3. The summed E-state index contributed by atoms with van der Waals surface area (Å²) >= 11 is 0. The maximum Gasteiger partial charge on any atom is 0.269 e. The Morgan fingerprint density at radius 1 is 1.03 bits per heavy atom. The molecule has 1 aliphatic heterocycles. The fourth-order valence-electron chi connectivity index (χ4n) is 2.89. The highest BCUT2D eigenvalue weighted by atomic mass is 16.6. The van der Waals surface area contributed by atoms with Crippen LogP contribution in [0, 0.1) is 10.1 Å². The van der Waals surface area contributed by atoms with E-state index in [0.717, 1.165) is 4.90 Å². The summed E-state index contributed by atoms with van der Waals surface area (Å²) in [6.07, 6.45) is -0.119. The van der Waals surface area contributed by atoms with Gasteiger partial charge in [-0.25, -0.2) is 9.53 Å². The number of anilines is 2. The highest BCUT2D eigenvalue weighted by Crippen LogP contribution is 2.31. The van der Waals surface area contributed by atoms with Gasteiger partial charge >= 0.3 is 0 Å². The minimum absolute atomic E-state index is 0.0947. The van der Waals surface area contributed by atoms with E-state index >= 15 is 0 Å². The van der Waals surface area contributed by atoms with Crippen molar-refractivity contribution in [1.82, 2.24) is 10.3 Å². The van der Waals surface area contributed by atoms with Crippen LogP contribution in [-0.4, -0.2) is 33.0 Å². The summed E-state index contributed by atoms with van der Waals surface area (Å²) in [5.41, 5.74) is 0.849. The molecule has 144 valence electrons. The first-order valence-corrected chi connectivity index (χ1v) is 8.29. The Balaban J connectivity index is 1.51. The van der Waals surface area contributed by atoms with Gasteiger partial charge in [-0.05, 0) is 28.0 Å². The van der Waals surface area contributed by atoms with Crippen molar-refractivity contribution in [2.24, 2.45) is 0 Å². The average Bonchev–Trinajstić information content (AvgIpc) is 3.25. The molecular weight excluding hydrogens is 382 g/mol. The monoisotopic (exact) mass is 393 g/mol. The largest absolute Gasteiger partial charge is 0.304 e. The van der Waals surface area contributed by atoms with Gasteiger partial charge in [0.25, 0.3) is 17.5 Å².